The molecule has 1 amide bonds. The average Bonchev–Trinajstić information content (AvgIpc) is 3.59. The summed E-state index contributed by atoms with van der Waals surface area (Å²) in [7, 11) is 0. The van der Waals surface area contributed by atoms with Gasteiger partial charge in [-0.2, -0.15) is 5.10 Å². The highest BCUT2D eigenvalue weighted by Gasteiger charge is 2.57. The number of carbonyl (C=O) groups excluding carboxylic acids is 1. The molecule has 0 saturated carbocycles. The molecule has 8 heteroatoms. The molecule has 0 bridgehead atoms. The van der Waals surface area contributed by atoms with E-state index in [1.807, 2.05) is 40.4 Å². The van der Waals surface area contributed by atoms with Crippen LogP contribution in [-0.4, -0.2) is 59.7 Å². The lowest BCUT2D eigenvalue weighted by Crippen LogP contribution is -2.39. The van der Waals surface area contributed by atoms with Gasteiger partial charge in [0.15, 0.2) is 0 Å². The Morgan fingerprint density at radius 3 is 2.76 bits per heavy atom. The highest BCUT2D eigenvalue weighted by molar-refractivity contribution is 5.86. The van der Waals surface area contributed by atoms with Crippen LogP contribution in [0.2, 0.25) is 0 Å². The zero-order valence-electron chi connectivity index (χ0n) is 19.8. The Labute approximate surface area is 195 Å². The molecule has 0 radical (unpaired) electrons. The van der Waals surface area contributed by atoms with Crippen LogP contribution in [0.4, 0.5) is 0 Å². The fraction of sp³-hybridized carbons (Fsp3) is 0.520. The second kappa shape index (κ2) is 8.74. The number of nitrogens with zero attached hydrogens (tertiary/aromatic N) is 7. The number of carbonyl (C=O) groups is 1. The molecule has 2 aliphatic heterocycles. The molecular weight excluding hydrogens is 414 g/mol. The Hall–Kier alpha value is -3.00. The maximum Gasteiger partial charge on any atom is 0.231 e. The van der Waals surface area contributed by atoms with Crippen LogP contribution >= 0.6 is 0 Å². The smallest absolute Gasteiger partial charge is 0.231 e. The largest absolute Gasteiger partial charge is 0.338 e. The van der Waals surface area contributed by atoms with Gasteiger partial charge >= 0.3 is 0 Å². The molecule has 2 atom stereocenters. The second-order valence-corrected chi connectivity index (χ2v) is 9.76. The Balaban J connectivity index is 1.42. The molecule has 0 aromatic carbocycles. The summed E-state index contributed by atoms with van der Waals surface area (Å²) in [6.45, 7) is 11.1. The molecule has 2 unspecified atom stereocenters. The SMILES string of the molecule is CCn1cc(CN2CC(c3cn(C(C)C)cn3)C3(CCN(Cc4cccnc4)C3=O)C2)cn1. The molecule has 2 saturated heterocycles. The third-order valence-electron chi connectivity index (χ3n) is 7.24. The van der Waals surface area contributed by atoms with E-state index in [0.29, 0.717) is 12.6 Å². The van der Waals surface area contributed by atoms with E-state index in [9.17, 15) is 4.79 Å². The first-order chi connectivity index (χ1) is 16.0. The van der Waals surface area contributed by atoms with Gasteiger partial charge in [-0.25, -0.2) is 4.98 Å². The maximum absolute atomic E-state index is 13.9. The van der Waals surface area contributed by atoms with Crippen LogP contribution < -0.4 is 0 Å². The first kappa shape index (κ1) is 21.8. The fourth-order valence-electron chi connectivity index (χ4n) is 5.43. The highest BCUT2D eigenvalue weighted by atomic mass is 16.2. The predicted octanol–water partition coefficient (Wildman–Crippen LogP) is 3.09. The Bertz CT molecular complexity index is 1100. The number of pyridine rings is 1. The van der Waals surface area contributed by atoms with Crippen LogP contribution in [0, 0.1) is 5.41 Å². The van der Waals surface area contributed by atoms with Crippen molar-refractivity contribution in [1.82, 2.24) is 34.1 Å². The van der Waals surface area contributed by atoms with Crippen molar-refractivity contribution in [2.24, 2.45) is 5.41 Å². The van der Waals surface area contributed by atoms with Gasteiger partial charge in [0.2, 0.25) is 5.91 Å². The van der Waals surface area contributed by atoms with Crippen LogP contribution in [0.3, 0.4) is 0 Å². The van der Waals surface area contributed by atoms with Crippen LogP contribution in [0.25, 0.3) is 0 Å². The summed E-state index contributed by atoms with van der Waals surface area (Å²) >= 11 is 0. The minimum atomic E-state index is -0.431. The van der Waals surface area contributed by atoms with Gasteiger partial charge in [0.05, 0.1) is 23.6 Å². The molecule has 5 heterocycles. The summed E-state index contributed by atoms with van der Waals surface area (Å²) in [6.07, 6.45) is 12.6. The number of imidazole rings is 1. The van der Waals surface area contributed by atoms with Gasteiger partial charge in [0.25, 0.3) is 0 Å². The predicted molar refractivity (Wildman–Crippen MR) is 125 cm³/mol. The van der Waals surface area contributed by atoms with Crippen LogP contribution in [0.1, 0.15) is 56.0 Å². The van der Waals surface area contributed by atoms with E-state index >= 15 is 0 Å². The van der Waals surface area contributed by atoms with Crippen LogP contribution in [-0.2, 0) is 24.4 Å². The summed E-state index contributed by atoms with van der Waals surface area (Å²) in [6, 6.07) is 4.32. The molecule has 2 fully saturated rings. The van der Waals surface area contributed by atoms with Crippen molar-refractivity contribution >= 4 is 5.91 Å². The van der Waals surface area contributed by atoms with E-state index < -0.39 is 5.41 Å². The van der Waals surface area contributed by atoms with Gasteiger partial charge in [-0.3, -0.25) is 19.4 Å². The normalized spacial score (nSPS) is 23.5. The lowest BCUT2D eigenvalue weighted by molar-refractivity contribution is -0.136. The molecule has 5 rings (SSSR count). The monoisotopic (exact) mass is 447 g/mol. The lowest BCUT2D eigenvalue weighted by Gasteiger charge is -2.28. The number of hydrogen-bond acceptors (Lipinski definition) is 5. The molecule has 8 nitrogen and oxygen atoms in total. The lowest BCUT2D eigenvalue weighted by atomic mass is 9.75. The summed E-state index contributed by atoms with van der Waals surface area (Å²) in [4.78, 5) is 27.4. The topological polar surface area (TPSA) is 72.1 Å². The van der Waals surface area contributed by atoms with E-state index in [0.717, 1.165) is 50.4 Å². The zero-order valence-corrected chi connectivity index (χ0v) is 19.8. The van der Waals surface area contributed by atoms with E-state index in [1.165, 1.54) is 5.56 Å². The zero-order chi connectivity index (χ0) is 23.0. The van der Waals surface area contributed by atoms with Gasteiger partial charge in [0.1, 0.15) is 0 Å². The average molecular weight is 448 g/mol. The minimum Gasteiger partial charge on any atom is -0.338 e. The second-order valence-electron chi connectivity index (χ2n) is 9.76. The van der Waals surface area contributed by atoms with Crippen molar-refractivity contribution in [3.63, 3.8) is 0 Å². The minimum absolute atomic E-state index is 0.0881. The number of rotatable bonds is 7. The number of aryl methyl sites for hydroxylation is 1. The molecule has 0 N–H and O–H groups in total. The van der Waals surface area contributed by atoms with Gasteiger partial charge in [-0.05, 0) is 38.8 Å². The molecule has 3 aromatic heterocycles. The summed E-state index contributed by atoms with van der Waals surface area (Å²) in [5.74, 6) is 0.340. The van der Waals surface area contributed by atoms with Crippen molar-refractivity contribution in [3.8, 4) is 0 Å². The van der Waals surface area contributed by atoms with Gasteiger partial charge in [-0.15, -0.1) is 0 Å². The third kappa shape index (κ3) is 4.08. The summed E-state index contributed by atoms with van der Waals surface area (Å²) in [5, 5.41) is 4.43. The first-order valence-electron chi connectivity index (χ1n) is 11.9. The number of likely N-dealkylation sites (tertiary alicyclic amines) is 2. The first-order valence-corrected chi connectivity index (χ1v) is 11.9. The van der Waals surface area contributed by atoms with Gasteiger partial charge in [0, 0.05) is 81.6 Å². The van der Waals surface area contributed by atoms with E-state index in [1.54, 1.807) is 6.20 Å². The molecular formula is C25H33N7O. The van der Waals surface area contributed by atoms with Gasteiger partial charge in [-0.1, -0.05) is 6.07 Å². The van der Waals surface area contributed by atoms with E-state index in [2.05, 4.69) is 52.7 Å². The Morgan fingerprint density at radius 1 is 1.18 bits per heavy atom. The summed E-state index contributed by atoms with van der Waals surface area (Å²) in [5.41, 5.74) is 2.87. The maximum atomic E-state index is 13.9. The Morgan fingerprint density at radius 2 is 2.06 bits per heavy atom. The molecule has 0 aliphatic carbocycles. The third-order valence-corrected chi connectivity index (χ3v) is 7.24. The van der Waals surface area contributed by atoms with E-state index in [-0.39, 0.29) is 11.8 Å². The van der Waals surface area contributed by atoms with Gasteiger partial charge < -0.3 is 9.47 Å². The molecule has 1 spiro atoms. The number of amides is 1. The summed E-state index contributed by atoms with van der Waals surface area (Å²) < 4.78 is 4.10. The van der Waals surface area contributed by atoms with E-state index in [4.69, 9.17) is 4.98 Å². The van der Waals surface area contributed by atoms with Crippen molar-refractivity contribution in [2.75, 3.05) is 19.6 Å². The molecule has 3 aromatic rings. The quantitative estimate of drug-likeness (QED) is 0.557. The van der Waals surface area contributed by atoms with Crippen molar-refractivity contribution in [2.45, 2.75) is 58.8 Å². The van der Waals surface area contributed by atoms with Crippen molar-refractivity contribution in [1.29, 1.82) is 0 Å². The highest BCUT2D eigenvalue weighted by Crippen LogP contribution is 2.50. The number of hydrogen-bond donors (Lipinski definition) is 0. The van der Waals surface area contributed by atoms with Crippen molar-refractivity contribution < 1.29 is 4.79 Å². The van der Waals surface area contributed by atoms with Crippen molar-refractivity contribution in [3.05, 3.63) is 66.3 Å². The molecule has 174 valence electrons. The fourth-order valence-corrected chi connectivity index (χ4v) is 5.43. The van der Waals surface area contributed by atoms with Crippen LogP contribution in [0.5, 0.6) is 0 Å². The molecule has 2 aliphatic rings. The van der Waals surface area contributed by atoms with Crippen LogP contribution in [0.15, 0.2) is 49.4 Å². The standard InChI is InChI=1S/C25H33N7O/c1-4-32-14-21(11-28-32)12-29-15-22(23-16-31(18-27-23)19(2)3)25(17-29)7-9-30(24(25)33)13-20-6-5-8-26-10-20/h5-6,8,10-11,14,16,18-19,22H,4,7,9,12-13,15,17H2,1-3H3. The Kier molecular flexibility index (Phi) is 5.78. The number of aromatic nitrogens is 5. The molecule has 33 heavy (non-hydrogen) atoms.